The van der Waals surface area contributed by atoms with Gasteiger partial charge in [0.1, 0.15) is 0 Å². The van der Waals surface area contributed by atoms with Crippen LogP contribution in [0.4, 0.5) is 0 Å². The first-order chi connectivity index (χ1) is 8.35. The van der Waals surface area contributed by atoms with Crippen LogP contribution in [0, 0.1) is 0 Å². The van der Waals surface area contributed by atoms with E-state index in [0.29, 0.717) is 0 Å². The predicted octanol–water partition coefficient (Wildman–Crippen LogP) is 3.30. The molecular weight excluding hydrogens is 210 g/mol. The van der Waals surface area contributed by atoms with Crippen LogP contribution in [0.25, 0.3) is 17.0 Å². The number of nitrogens with one attached hydrogen (secondary N) is 1. The number of benzene rings is 1. The smallest absolute Gasteiger partial charge is 0.0694 e. The molecule has 3 heteroatoms. The Morgan fingerprint density at radius 1 is 1.35 bits per heavy atom. The van der Waals surface area contributed by atoms with Crippen molar-refractivity contribution in [3.05, 3.63) is 60.8 Å². The van der Waals surface area contributed by atoms with E-state index >= 15 is 0 Å². The van der Waals surface area contributed by atoms with Gasteiger partial charge in [0.05, 0.1) is 11.4 Å². The molecule has 0 bridgehead atoms. The lowest BCUT2D eigenvalue weighted by Crippen LogP contribution is -1.84. The summed E-state index contributed by atoms with van der Waals surface area (Å²) in [6.45, 7) is 7.23. The van der Waals surface area contributed by atoms with Gasteiger partial charge in [-0.3, -0.25) is 10.1 Å². The molecular formula is C14H13N3. The molecule has 0 aliphatic carbocycles. The van der Waals surface area contributed by atoms with Crippen molar-refractivity contribution in [3.63, 3.8) is 0 Å². The maximum atomic E-state index is 3.98. The minimum absolute atomic E-state index is 0.807. The molecule has 2 rings (SSSR count). The van der Waals surface area contributed by atoms with Crippen LogP contribution in [0.15, 0.2) is 60.3 Å². The topological polar surface area (TPSA) is 41.0 Å². The zero-order valence-electron chi connectivity index (χ0n) is 9.43. The molecule has 1 N–H and O–H groups in total. The molecule has 1 heterocycles. The molecule has 0 unspecified atom stereocenters. The first-order valence-electron chi connectivity index (χ1n) is 5.25. The van der Waals surface area contributed by atoms with Gasteiger partial charge in [-0.05, 0) is 24.9 Å². The van der Waals surface area contributed by atoms with Crippen LogP contribution in [-0.4, -0.2) is 16.9 Å². The van der Waals surface area contributed by atoms with Crippen molar-refractivity contribution in [2.45, 2.75) is 0 Å². The average molecular weight is 223 g/mol. The largest absolute Gasteiger partial charge is 0.278 e. The van der Waals surface area contributed by atoms with Crippen LogP contribution in [0.3, 0.4) is 0 Å². The number of aromatic nitrogens is 2. The molecule has 0 spiro atoms. The fraction of sp³-hybridized carbons (Fsp3) is 0. The first-order valence-corrected chi connectivity index (χ1v) is 5.25. The van der Waals surface area contributed by atoms with Crippen molar-refractivity contribution in [2.24, 2.45) is 4.99 Å². The maximum Gasteiger partial charge on any atom is 0.0694 e. The molecule has 0 amide bonds. The highest BCUT2D eigenvalue weighted by atomic mass is 15.1. The average Bonchev–Trinajstić information content (AvgIpc) is 2.90. The minimum atomic E-state index is 0.807. The highest BCUT2D eigenvalue weighted by molar-refractivity contribution is 5.73. The Kier molecular flexibility index (Phi) is 3.31. The van der Waals surface area contributed by atoms with Gasteiger partial charge in [-0.25, -0.2) is 0 Å². The van der Waals surface area contributed by atoms with E-state index in [2.05, 4.69) is 28.5 Å². The summed E-state index contributed by atoms with van der Waals surface area (Å²) in [6, 6.07) is 9.96. The van der Waals surface area contributed by atoms with Crippen LogP contribution in [0.1, 0.15) is 5.56 Å². The Morgan fingerprint density at radius 2 is 2.24 bits per heavy atom. The number of rotatable bonds is 4. The van der Waals surface area contributed by atoms with Crippen LogP contribution in [0.2, 0.25) is 0 Å². The lowest BCUT2D eigenvalue weighted by atomic mass is 10.1. The number of nitrogens with zero attached hydrogens (tertiary/aromatic N) is 2. The summed E-state index contributed by atoms with van der Waals surface area (Å²) in [4.78, 5) is 3.98. The molecule has 2 aromatic rings. The summed E-state index contributed by atoms with van der Waals surface area (Å²) < 4.78 is 0. The van der Waals surface area contributed by atoms with Gasteiger partial charge in [-0.15, -0.1) is 0 Å². The van der Waals surface area contributed by atoms with E-state index in [9.17, 15) is 0 Å². The Bertz CT molecular complexity index is 551. The third-order valence-corrected chi connectivity index (χ3v) is 2.42. The van der Waals surface area contributed by atoms with E-state index in [1.807, 2.05) is 36.4 Å². The first kappa shape index (κ1) is 11.1. The van der Waals surface area contributed by atoms with E-state index in [-0.39, 0.29) is 0 Å². The number of allylic oxidation sites excluding steroid dienone is 2. The SMILES string of the molecule is C=C/C=C(\N=C)c1cccc(-c2ccn[nH]2)c1. The molecule has 0 fully saturated rings. The molecule has 0 saturated carbocycles. The molecule has 0 aliphatic rings. The summed E-state index contributed by atoms with van der Waals surface area (Å²) >= 11 is 0. The second kappa shape index (κ2) is 5.07. The highest BCUT2D eigenvalue weighted by Gasteiger charge is 2.02. The Balaban J connectivity index is 2.44. The van der Waals surface area contributed by atoms with Gasteiger partial charge in [0, 0.05) is 17.3 Å². The van der Waals surface area contributed by atoms with Crippen LogP contribution in [-0.2, 0) is 0 Å². The third kappa shape index (κ3) is 2.39. The lowest BCUT2D eigenvalue weighted by molar-refractivity contribution is 1.10. The summed E-state index contributed by atoms with van der Waals surface area (Å²) in [7, 11) is 0. The lowest BCUT2D eigenvalue weighted by Gasteiger charge is -2.03. The number of aliphatic imine (C=N–C) groups is 1. The zero-order valence-corrected chi connectivity index (χ0v) is 9.43. The highest BCUT2D eigenvalue weighted by Crippen LogP contribution is 2.22. The van der Waals surface area contributed by atoms with E-state index in [1.54, 1.807) is 12.3 Å². The molecule has 3 nitrogen and oxygen atoms in total. The number of hydrogen-bond acceptors (Lipinski definition) is 2. The normalized spacial score (nSPS) is 11.2. The van der Waals surface area contributed by atoms with Gasteiger partial charge in [0.25, 0.3) is 0 Å². The van der Waals surface area contributed by atoms with Crippen LogP contribution < -0.4 is 0 Å². The number of hydrogen-bond donors (Lipinski definition) is 1. The Labute approximate surface area is 100 Å². The second-order valence-corrected chi connectivity index (χ2v) is 3.50. The van der Waals surface area contributed by atoms with Gasteiger partial charge >= 0.3 is 0 Å². The summed E-state index contributed by atoms with van der Waals surface area (Å²) in [5.74, 6) is 0. The van der Waals surface area contributed by atoms with Crippen LogP contribution in [0.5, 0.6) is 0 Å². The molecule has 0 atom stereocenters. The maximum absolute atomic E-state index is 3.98. The minimum Gasteiger partial charge on any atom is -0.278 e. The van der Waals surface area contributed by atoms with Gasteiger partial charge in [0.15, 0.2) is 0 Å². The Hall–Kier alpha value is -2.42. The summed E-state index contributed by atoms with van der Waals surface area (Å²) in [5.41, 5.74) is 3.86. The summed E-state index contributed by atoms with van der Waals surface area (Å²) in [6.07, 6.45) is 5.26. The second-order valence-electron chi connectivity index (χ2n) is 3.50. The van der Waals surface area contributed by atoms with Crippen LogP contribution >= 0.6 is 0 Å². The Morgan fingerprint density at radius 3 is 2.88 bits per heavy atom. The van der Waals surface area contributed by atoms with E-state index in [0.717, 1.165) is 22.5 Å². The molecule has 1 aromatic carbocycles. The molecule has 84 valence electrons. The van der Waals surface area contributed by atoms with E-state index < -0.39 is 0 Å². The molecule has 0 saturated heterocycles. The van der Waals surface area contributed by atoms with Crippen molar-refractivity contribution in [3.8, 4) is 11.3 Å². The quantitative estimate of drug-likeness (QED) is 0.627. The number of aromatic amines is 1. The van der Waals surface area contributed by atoms with Gasteiger partial charge in [-0.2, -0.15) is 5.10 Å². The van der Waals surface area contributed by atoms with Crippen molar-refractivity contribution in [2.75, 3.05) is 0 Å². The fourth-order valence-electron chi connectivity index (χ4n) is 1.61. The summed E-state index contributed by atoms with van der Waals surface area (Å²) in [5, 5.41) is 6.87. The molecule has 0 radical (unpaired) electrons. The van der Waals surface area contributed by atoms with E-state index in [1.165, 1.54) is 0 Å². The molecule has 17 heavy (non-hydrogen) atoms. The van der Waals surface area contributed by atoms with Crippen molar-refractivity contribution in [1.82, 2.24) is 10.2 Å². The third-order valence-electron chi connectivity index (χ3n) is 2.42. The number of H-pyrrole nitrogens is 1. The zero-order chi connectivity index (χ0) is 12.1. The van der Waals surface area contributed by atoms with Crippen molar-refractivity contribution < 1.29 is 0 Å². The van der Waals surface area contributed by atoms with E-state index in [4.69, 9.17) is 0 Å². The molecule has 1 aromatic heterocycles. The van der Waals surface area contributed by atoms with Gasteiger partial charge in [0.2, 0.25) is 0 Å². The van der Waals surface area contributed by atoms with Crippen molar-refractivity contribution >= 4 is 12.4 Å². The van der Waals surface area contributed by atoms with Crippen molar-refractivity contribution in [1.29, 1.82) is 0 Å². The van der Waals surface area contributed by atoms with Gasteiger partial charge < -0.3 is 0 Å². The molecule has 0 aliphatic heterocycles. The van der Waals surface area contributed by atoms with Gasteiger partial charge in [-0.1, -0.05) is 30.9 Å². The fourth-order valence-corrected chi connectivity index (χ4v) is 1.61. The standard InChI is InChI=1S/C14H13N3/c1-3-5-13(15-2)11-6-4-7-12(10-11)14-8-9-16-17-14/h3-10H,1-2H2,(H,16,17)/b13-5-. The monoisotopic (exact) mass is 223 g/mol. The predicted molar refractivity (Wildman–Crippen MR) is 71.7 cm³/mol.